The summed E-state index contributed by atoms with van der Waals surface area (Å²) in [6.07, 6.45) is 1.94. The first kappa shape index (κ1) is 32.9. The number of nitrogens with zero attached hydrogens (tertiary/aromatic N) is 4. The van der Waals surface area contributed by atoms with Crippen LogP contribution in [0.15, 0.2) is 194 Å². The summed E-state index contributed by atoms with van der Waals surface area (Å²) in [5.74, 6) is 0. The number of benzene rings is 8. The smallest absolute Gasteiger partial charge is 0.171 e. The molecule has 0 radical (unpaired) electrons. The normalized spacial score (nSPS) is 12.6. The first-order valence-electron chi connectivity index (χ1n) is 18.6. The number of pyridine rings is 1. The maximum Gasteiger partial charge on any atom is 0.171 e. The summed E-state index contributed by atoms with van der Waals surface area (Å²) in [6.45, 7) is 0. The molecule has 1 unspecified atom stereocenters. The second-order valence-corrected chi connectivity index (χ2v) is 18.9. The van der Waals surface area contributed by atoms with E-state index in [-0.39, 0.29) is 0 Å². The van der Waals surface area contributed by atoms with E-state index >= 15 is 4.57 Å². The van der Waals surface area contributed by atoms with Crippen LogP contribution in [-0.2, 0) is 4.57 Å². The fourth-order valence-corrected chi connectivity index (χ4v) is 13.2. The van der Waals surface area contributed by atoms with Crippen molar-refractivity contribution in [3.05, 3.63) is 194 Å². The van der Waals surface area contributed by atoms with Gasteiger partial charge in [0.25, 0.3) is 0 Å². The molecule has 11 aromatic rings. The standard InChI is InChI=1S/C49H32N4OP2/c54-56(38-17-3-1-4-18-38,39-19-5-2-6-20-39)46-25-13-24-45-47(46)40-21-10-11-22-41(40)48-51-43-31-37(28-29-44(43)53(45)48)55(36-27-26-33-14-7-8-15-34(33)30-36)49-50-32-35-16-9-12-23-42(35)52-49/h1-32H. The van der Waals surface area contributed by atoms with Gasteiger partial charge in [0, 0.05) is 46.2 Å². The van der Waals surface area contributed by atoms with Gasteiger partial charge in [0.1, 0.15) is 5.65 Å². The van der Waals surface area contributed by atoms with E-state index in [4.69, 9.17) is 15.0 Å². The van der Waals surface area contributed by atoms with E-state index in [1.165, 1.54) is 16.1 Å². The van der Waals surface area contributed by atoms with E-state index < -0.39 is 15.1 Å². The van der Waals surface area contributed by atoms with Crippen LogP contribution < -0.4 is 32.1 Å². The number of rotatable bonds is 6. The van der Waals surface area contributed by atoms with E-state index in [0.717, 1.165) is 76.0 Å². The lowest BCUT2D eigenvalue weighted by atomic mass is 10.1. The van der Waals surface area contributed by atoms with Crippen molar-refractivity contribution < 1.29 is 4.57 Å². The summed E-state index contributed by atoms with van der Waals surface area (Å²) in [5.41, 5.74) is 5.43. The molecule has 11 rings (SSSR count). The van der Waals surface area contributed by atoms with E-state index in [1.54, 1.807) is 0 Å². The van der Waals surface area contributed by atoms with Gasteiger partial charge < -0.3 is 4.57 Å². The molecule has 1 atom stereocenters. The van der Waals surface area contributed by atoms with Crippen LogP contribution in [0.4, 0.5) is 0 Å². The van der Waals surface area contributed by atoms with Crippen molar-refractivity contribution in [1.82, 2.24) is 19.4 Å². The van der Waals surface area contributed by atoms with Gasteiger partial charge in [-0.1, -0.05) is 158 Å². The lowest BCUT2D eigenvalue weighted by Crippen LogP contribution is -2.26. The molecule has 0 amide bonds. The Morgan fingerprint density at radius 1 is 0.482 bits per heavy atom. The fourth-order valence-electron chi connectivity index (χ4n) is 8.25. The van der Waals surface area contributed by atoms with Crippen LogP contribution in [-0.4, -0.2) is 19.4 Å². The third-order valence-electron chi connectivity index (χ3n) is 10.8. The highest BCUT2D eigenvalue weighted by Gasteiger charge is 2.33. The second kappa shape index (κ2) is 13.1. The molecule has 264 valence electrons. The summed E-state index contributed by atoms with van der Waals surface area (Å²) in [6, 6.07) is 64.4. The molecule has 3 heterocycles. The van der Waals surface area contributed by atoms with Crippen molar-refractivity contribution in [2.24, 2.45) is 0 Å². The van der Waals surface area contributed by atoms with E-state index in [1.807, 2.05) is 85.1 Å². The highest BCUT2D eigenvalue weighted by atomic mass is 31.2. The predicted octanol–water partition coefficient (Wildman–Crippen LogP) is 9.29. The van der Waals surface area contributed by atoms with Crippen molar-refractivity contribution in [2.75, 3.05) is 0 Å². The lowest BCUT2D eigenvalue weighted by Gasteiger charge is -2.23. The zero-order valence-corrected chi connectivity index (χ0v) is 31.9. The van der Waals surface area contributed by atoms with Gasteiger partial charge in [-0.2, -0.15) is 0 Å². The maximum atomic E-state index is 15.9. The monoisotopic (exact) mass is 754 g/mol. The molecule has 0 aliphatic carbocycles. The molecule has 0 saturated heterocycles. The predicted molar refractivity (Wildman–Crippen MR) is 236 cm³/mol. The molecule has 3 aromatic heterocycles. The Labute approximate surface area is 324 Å². The third-order valence-corrected chi connectivity index (χ3v) is 16.1. The molecule has 7 heteroatoms. The summed E-state index contributed by atoms with van der Waals surface area (Å²) in [5, 5.41) is 11.1. The Morgan fingerprint density at radius 2 is 1.12 bits per heavy atom. The molecule has 8 aromatic carbocycles. The molecule has 56 heavy (non-hydrogen) atoms. The van der Waals surface area contributed by atoms with Crippen LogP contribution in [0.2, 0.25) is 0 Å². The molecule has 0 aliphatic heterocycles. The van der Waals surface area contributed by atoms with E-state index in [9.17, 15) is 0 Å². The van der Waals surface area contributed by atoms with Gasteiger partial charge in [0.2, 0.25) is 0 Å². The molecular formula is C49H32N4OP2. The minimum Gasteiger partial charge on any atom is -0.309 e. The molecule has 0 spiro atoms. The van der Waals surface area contributed by atoms with Crippen molar-refractivity contribution in [2.45, 2.75) is 0 Å². The SMILES string of the molecule is O=P(c1ccccc1)(c1ccccc1)c1cccc2c1c1ccccc1c1nc3cc(P(c4ccc5ccccc5c4)c4ncc5ccccc5n4)ccc3n21. The summed E-state index contributed by atoms with van der Waals surface area (Å²) in [7, 11) is -4.46. The highest BCUT2D eigenvalue weighted by Crippen LogP contribution is 2.46. The molecule has 0 aliphatic rings. The molecule has 0 bridgehead atoms. The molecule has 0 fully saturated rings. The Hall–Kier alpha value is -6.51. The number of aromatic nitrogens is 4. The number of imidazole rings is 1. The number of para-hydroxylation sites is 1. The van der Waals surface area contributed by atoms with Gasteiger partial charge in [-0.3, -0.25) is 4.40 Å². The van der Waals surface area contributed by atoms with Crippen molar-refractivity contribution in [3.8, 4) is 0 Å². The first-order valence-corrected chi connectivity index (χ1v) is 21.7. The summed E-state index contributed by atoms with van der Waals surface area (Å²) < 4.78 is 18.2. The van der Waals surface area contributed by atoms with Crippen LogP contribution in [0, 0.1) is 0 Å². The van der Waals surface area contributed by atoms with Gasteiger partial charge in [-0.05, 0) is 57.1 Å². The number of fused-ring (bicyclic) bond motifs is 10. The minimum atomic E-state index is -3.32. The average Bonchev–Trinajstić information content (AvgIpc) is 3.66. The van der Waals surface area contributed by atoms with Gasteiger partial charge in [-0.15, -0.1) is 0 Å². The minimum absolute atomic E-state index is 0.801. The number of hydrogen-bond acceptors (Lipinski definition) is 4. The topological polar surface area (TPSA) is 60.2 Å². The fraction of sp³-hybridized carbons (Fsp3) is 0. The highest BCUT2D eigenvalue weighted by molar-refractivity contribution is 7.85. The van der Waals surface area contributed by atoms with Crippen molar-refractivity contribution in [1.29, 1.82) is 0 Å². The van der Waals surface area contributed by atoms with Crippen LogP contribution in [0.25, 0.3) is 60.0 Å². The third kappa shape index (κ3) is 5.13. The Kier molecular flexibility index (Phi) is 7.67. The van der Waals surface area contributed by atoms with Gasteiger partial charge >= 0.3 is 0 Å². The zero-order valence-electron chi connectivity index (χ0n) is 30.1. The van der Waals surface area contributed by atoms with E-state index in [0.29, 0.717) is 0 Å². The second-order valence-electron chi connectivity index (χ2n) is 14.0. The van der Waals surface area contributed by atoms with Gasteiger partial charge in [0.15, 0.2) is 12.7 Å². The quantitative estimate of drug-likeness (QED) is 0.126. The molecule has 0 saturated carbocycles. The summed E-state index contributed by atoms with van der Waals surface area (Å²) in [4.78, 5) is 15.5. The molecule has 5 nitrogen and oxygen atoms in total. The van der Waals surface area contributed by atoms with Crippen LogP contribution in [0.5, 0.6) is 0 Å². The van der Waals surface area contributed by atoms with E-state index in [2.05, 4.69) is 114 Å². The van der Waals surface area contributed by atoms with Crippen molar-refractivity contribution >= 4 is 107 Å². The largest absolute Gasteiger partial charge is 0.309 e. The Morgan fingerprint density at radius 3 is 1.91 bits per heavy atom. The molecule has 0 N–H and O–H groups in total. The van der Waals surface area contributed by atoms with Crippen molar-refractivity contribution in [3.63, 3.8) is 0 Å². The van der Waals surface area contributed by atoms with Crippen LogP contribution in [0.3, 0.4) is 0 Å². The first-order chi connectivity index (χ1) is 27.6. The molecular weight excluding hydrogens is 723 g/mol. The maximum absolute atomic E-state index is 15.9. The van der Waals surface area contributed by atoms with Gasteiger partial charge in [0.05, 0.1) is 22.1 Å². The summed E-state index contributed by atoms with van der Waals surface area (Å²) >= 11 is 0. The van der Waals surface area contributed by atoms with Gasteiger partial charge in [-0.25, -0.2) is 15.0 Å². The average molecular weight is 755 g/mol. The lowest BCUT2D eigenvalue weighted by molar-refractivity contribution is 0.592. The Balaban J connectivity index is 1.18. The van der Waals surface area contributed by atoms with Crippen LogP contribution >= 0.6 is 15.1 Å². The Bertz CT molecular complexity index is 3240. The zero-order chi connectivity index (χ0) is 37.2. The number of hydrogen-bond donors (Lipinski definition) is 0. The van der Waals surface area contributed by atoms with Crippen LogP contribution in [0.1, 0.15) is 0 Å².